The largest absolute Gasteiger partial charge is 0.325 e. The molecule has 0 bridgehead atoms. The number of benzene rings is 2. The van der Waals surface area contributed by atoms with Gasteiger partial charge in [0.25, 0.3) is 5.91 Å². The number of amides is 2. The van der Waals surface area contributed by atoms with Gasteiger partial charge in [0.1, 0.15) is 11.9 Å². The van der Waals surface area contributed by atoms with Crippen LogP contribution < -0.4 is 4.90 Å². The Morgan fingerprint density at radius 1 is 1.12 bits per heavy atom. The summed E-state index contributed by atoms with van der Waals surface area (Å²) in [7, 11) is 0. The van der Waals surface area contributed by atoms with Crippen LogP contribution in [0.15, 0.2) is 36.4 Å². The number of anilines is 1. The van der Waals surface area contributed by atoms with Gasteiger partial charge in [-0.1, -0.05) is 29.3 Å². The summed E-state index contributed by atoms with van der Waals surface area (Å²) in [4.78, 5) is 28.5. The molecule has 1 atom stereocenters. The molecule has 0 N–H and O–H groups in total. The molecule has 1 aliphatic rings. The highest BCUT2D eigenvalue weighted by Crippen LogP contribution is 2.26. The quantitative estimate of drug-likeness (QED) is 0.760. The van der Waals surface area contributed by atoms with Crippen LogP contribution in [0.2, 0.25) is 10.0 Å². The zero-order chi connectivity index (χ0) is 19.0. The third-order valence-corrected chi connectivity index (χ3v) is 5.29. The predicted molar refractivity (Wildman–Crippen MR) is 100 cm³/mol. The second-order valence-corrected chi connectivity index (χ2v) is 7.04. The van der Waals surface area contributed by atoms with E-state index in [0.717, 1.165) is 0 Å². The van der Waals surface area contributed by atoms with Gasteiger partial charge in [-0.05, 0) is 49.7 Å². The molecule has 2 aromatic carbocycles. The normalized spacial score (nSPS) is 17.6. The van der Waals surface area contributed by atoms with Gasteiger partial charge in [-0.25, -0.2) is 4.39 Å². The Morgan fingerprint density at radius 3 is 2.50 bits per heavy atom. The maximum Gasteiger partial charge on any atom is 0.254 e. The zero-order valence-electron chi connectivity index (χ0n) is 14.3. The van der Waals surface area contributed by atoms with Crippen molar-refractivity contribution in [3.63, 3.8) is 0 Å². The standard InChI is InChI=1S/C19H17Cl2FN2O2/c1-11-3-5-14(10-17(11)22)24-8-7-23(12(2)18(24)25)19(26)13-4-6-15(20)16(21)9-13/h3-6,9-10,12H,7-8H2,1-2H3. The number of carbonyl (C=O) groups is 2. The van der Waals surface area contributed by atoms with Gasteiger partial charge in [0.15, 0.2) is 0 Å². The highest BCUT2D eigenvalue weighted by molar-refractivity contribution is 6.42. The first-order chi connectivity index (χ1) is 12.3. The average molecular weight is 395 g/mol. The van der Waals surface area contributed by atoms with E-state index in [1.165, 1.54) is 21.9 Å². The summed E-state index contributed by atoms with van der Waals surface area (Å²) >= 11 is 11.9. The van der Waals surface area contributed by atoms with E-state index in [0.29, 0.717) is 34.9 Å². The number of halogens is 3. The summed E-state index contributed by atoms with van der Waals surface area (Å²) in [5.74, 6) is -0.913. The van der Waals surface area contributed by atoms with Gasteiger partial charge in [0.2, 0.25) is 5.91 Å². The molecule has 0 spiro atoms. The van der Waals surface area contributed by atoms with Crippen molar-refractivity contribution in [3.8, 4) is 0 Å². The van der Waals surface area contributed by atoms with Crippen molar-refractivity contribution >= 4 is 40.7 Å². The van der Waals surface area contributed by atoms with Crippen LogP contribution in [-0.4, -0.2) is 35.8 Å². The number of hydrogen-bond donors (Lipinski definition) is 0. The SMILES string of the molecule is Cc1ccc(N2CCN(C(=O)c3ccc(Cl)c(Cl)c3)C(C)C2=O)cc1F. The molecule has 1 fully saturated rings. The van der Waals surface area contributed by atoms with E-state index in [1.54, 1.807) is 38.1 Å². The minimum Gasteiger partial charge on any atom is -0.325 e. The fraction of sp³-hybridized carbons (Fsp3) is 0.263. The minimum atomic E-state index is -0.671. The van der Waals surface area contributed by atoms with Crippen LogP contribution in [0.1, 0.15) is 22.8 Å². The Kier molecular flexibility index (Phi) is 5.21. The van der Waals surface area contributed by atoms with Crippen molar-refractivity contribution < 1.29 is 14.0 Å². The highest BCUT2D eigenvalue weighted by atomic mass is 35.5. The maximum atomic E-state index is 13.8. The summed E-state index contributed by atoms with van der Waals surface area (Å²) < 4.78 is 13.8. The van der Waals surface area contributed by atoms with Crippen LogP contribution in [0.25, 0.3) is 0 Å². The molecule has 1 unspecified atom stereocenters. The van der Waals surface area contributed by atoms with Crippen molar-refractivity contribution in [2.75, 3.05) is 18.0 Å². The molecule has 26 heavy (non-hydrogen) atoms. The van der Waals surface area contributed by atoms with Crippen molar-refractivity contribution in [2.24, 2.45) is 0 Å². The average Bonchev–Trinajstić information content (AvgIpc) is 2.61. The molecule has 2 aromatic rings. The third kappa shape index (κ3) is 3.41. The smallest absolute Gasteiger partial charge is 0.254 e. The highest BCUT2D eigenvalue weighted by Gasteiger charge is 2.35. The lowest BCUT2D eigenvalue weighted by atomic mass is 10.1. The molecule has 2 amide bonds. The first-order valence-electron chi connectivity index (χ1n) is 8.13. The minimum absolute atomic E-state index is 0.257. The van der Waals surface area contributed by atoms with Gasteiger partial charge < -0.3 is 9.80 Å². The number of piperazine rings is 1. The van der Waals surface area contributed by atoms with Gasteiger partial charge in [0, 0.05) is 24.3 Å². The Labute approximate surface area is 161 Å². The van der Waals surface area contributed by atoms with E-state index in [1.807, 2.05) is 0 Å². The van der Waals surface area contributed by atoms with Crippen LogP contribution in [0.4, 0.5) is 10.1 Å². The van der Waals surface area contributed by atoms with Crippen LogP contribution >= 0.6 is 23.2 Å². The number of hydrogen-bond acceptors (Lipinski definition) is 2. The summed E-state index contributed by atoms with van der Waals surface area (Å²) in [6, 6.07) is 8.64. The third-order valence-electron chi connectivity index (χ3n) is 4.55. The molecule has 0 aromatic heterocycles. The fourth-order valence-corrected chi connectivity index (χ4v) is 3.25. The summed E-state index contributed by atoms with van der Waals surface area (Å²) in [6.07, 6.45) is 0. The van der Waals surface area contributed by atoms with Crippen molar-refractivity contribution in [3.05, 3.63) is 63.4 Å². The van der Waals surface area contributed by atoms with Crippen molar-refractivity contribution in [2.45, 2.75) is 19.9 Å². The Hall–Kier alpha value is -2.11. The van der Waals surface area contributed by atoms with Gasteiger partial charge in [-0.2, -0.15) is 0 Å². The molecule has 1 heterocycles. The second-order valence-electron chi connectivity index (χ2n) is 6.23. The van der Waals surface area contributed by atoms with Gasteiger partial charge >= 0.3 is 0 Å². The van der Waals surface area contributed by atoms with Crippen LogP contribution in [-0.2, 0) is 4.79 Å². The lowest BCUT2D eigenvalue weighted by molar-refractivity contribution is -0.124. The predicted octanol–water partition coefficient (Wildman–Crippen LogP) is 4.32. The monoisotopic (exact) mass is 394 g/mol. The molecule has 0 saturated carbocycles. The molecule has 1 aliphatic heterocycles. The Morgan fingerprint density at radius 2 is 1.85 bits per heavy atom. The van der Waals surface area contributed by atoms with E-state index in [9.17, 15) is 14.0 Å². The van der Waals surface area contributed by atoms with Gasteiger partial charge in [-0.15, -0.1) is 0 Å². The van der Waals surface area contributed by atoms with E-state index in [2.05, 4.69) is 0 Å². The summed E-state index contributed by atoms with van der Waals surface area (Å²) in [5.41, 5.74) is 1.38. The molecule has 0 aliphatic carbocycles. The van der Waals surface area contributed by atoms with E-state index < -0.39 is 6.04 Å². The molecule has 7 heteroatoms. The zero-order valence-corrected chi connectivity index (χ0v) is 15.8. The topological polar surface area (TPSA) is 40.6 Å². The maximum absolute atomic E-state index is 13.8. The summed E-state index contributed by atoms with van der Waals surface area (Å²) in [5, 5.41) is 0.642. The van der Waals surface area contributed by atoms with Crippen LogP contribution in [0, 0.1) is 12.7 Å². The number of rotatable bonds is 2. The van der Waals surface area contributed by atoms with Crippen LogP contribution in [0.3, 0.4) is 0 Å². The lowest BCUT2D eigenvalue weighted by Crippen LogP contribution is -2.57. The molecule has 4 nitrogen and oxygen atoms in total. The van der Waals surface area contributed by atoms with E-state index in [-0.39, 0.29) is 22.7 Å². The van der Waals surface area contributed by atoms with Crippen molar-refractivity contribution in [1.82, 2.24) is 4.90 Å². The van der Waals surface area contributed by atoms with Crippen molar-refractivity contribution in [1.29, 1.82) is 0 Å². The second kappa shape index (κ2) is 7.25. The van der Waals surface area contributed by atoms with E-state index >= 15 is 0 Å². The molecule has 1 saturated heterocycles. The first-order valence-corrected chi connectivity index (χ1v) is 8.88. The first kappa shape index (κ1) is 18.7. The number of nitrogens with zero attached hydrogens (tertiary/aromatic N) is 2. The lowest BCUT2D eigenvalue weighted by Gasteiger charge is -2.39. The van der Waals surface area contributed by atoms with Crippen LogP contribution in [0.5, 0.6) is 0 Å². The van der Waals surface area contributed by atoms with Gasteiger partial charge in [-0.3, -0.25) is 9.59 Å². The molecular weight excluding hydrogens is 378 g/mol. The van der Waals surface area contributed by atoms with E-state index in [4.69, 9.17) is 23.2 Å². The molecular formula is C19H17Cl2FN2O2. The number of aryl methyl sites for hydroxylation is 1. The summed E-state index contributed by atoms with van der Waals surface area (Å²) in [6.45, 7) is 3.95. The molecule has 0 radical (unpaired) electrons. The molecule has 3 rings (SSSR count). The number of carbonyl (C=O) groups excluding carboxylic acids is 2. The Bertz CT molecular complexity index is 888. The Balaban J connectivity index is 1.81. The van der Waals surface area contributed by atoms with Gasteiger partial charge in [0.05, 0.1) is 10.0 Å². The molecule has 136 valence electrons. The fourth-order valence-electron chi connectivity index (χ4n) is 2.95.